The minimum absolute atomic E-state index is 0. The zero-order valence-corrected chi connectivity index (χ0v) is 15.2. The molecule has 0 saturated carbocycles. The minimum Gasteiger partial charge on any atom is -0.379 e. The molecule has 2 heterocycles. The first-order valence-electron chi connectivity index (χ1n) is 7.48. The molecule has 2 aromatic rings. The van der Waals surface area contributed by atoms with Crippen LogP contribution in [-0.4, -0.2) is 21.8 Å². The van der Waals surface area contributed by atoms with Gasteiger partial charge in [-0.1, -0.05) is 23.9 Å². The lowest BCUT2D eigenvalue weighted by Crippen LogP contribution is -2.28. The molecular formula is C17H18ClFN4OS. The largest absolute Gasteiger partial charge is 0.379 e. The Morgan fingerprint density at radius 3 is 2.84 bits per heavy atom. The summed E-state index contributed by atoms with van der Waals surface area (Å²) in [6, 6.07) is 10.1. The normalized spacial score (nSPS) is 19.5. The van der Waals surface area contributed by atoms with Crippen LogP contribution in [0.5, 0.6) is 0 Å². The van der Waals surface area contributed by atoms with Gasteiger partial charge < -0.3 is 11.1 Å². The van der Waals surface area contributed by atoms with Gasteiger partial charge in [0.2, 0.25) is 0 Å². The van der Waals surface area contributed by atoms with Gasteiger partial charge in [-0.3, -0.25) is 9.79 Å². The summed E-state index contributed by atoms with van der Waals surface area (Å²) in [5.41, 5.74) is 7.24. The molecule has 1 aromatic carbocycles. The number of aromatic nitrogens is 1. The molecule has 0 spiro atoms. The Morgan fingerprint density at radius 2 is 2.16 bits per heavy atom. The van der Waals surface area contributed by atoms with Crippen LogP contribution in [0.1, 0.15) is 29.4 Å². The van der Waals surface area contributed by atoms with Crippen LogP contribution in [0, 0.1) is 5.82 Å². The van der Waals surface area contributed by atoms with Gasteiger partial charge in [-0.2, -0.15) is 0 Å². The number of hydrogen-bond donors (Lipinski definition) is 2. The number of nitrogens with one attached hydrogen (secondary N) is 1. The molecule has 1 atom stereocenters. The highest BCUT2D eigenvalue weighted by Crippen LogP contribution is 2.35. The van der Waals surface area contributed by atoms with Gasteiger partial charge in [-0.25, -0.2) is 9.37 Å². The summed E-state index contributed by atoms with van der Waals surface area (Å²) in [6.45, 7) is 2.03. The maximum absolute atomic E-state index is 12.9. The fraction of sp³-hybridized carbons (Fsp3) is 0.235. The highest BCUT2D eigenvalue weighted by molar-refractivity contribution is 8.13. The first-order valence-corrected chi connectivity index (χ1v) is 8.46. The van der Waals surface area contributed by atoms with Crippen molar-refractivity contribution in [2.24, 2.45) is 10.7 Å². The third-order valence-corrected chi connectivity index (χ3v) is 4.69. The van der Waals surface area contributed by atoms with E-state index >= 15 is 0 Å². The molecule has 5 nitrogen and oxygen atoms in total. The second-order valence-electron chi connectivity index (χ2n) is 5.72. The van der Waals surface area contributed by atoms with Crippen molar-refractivity contribution in [1.29, 1.82) is 0 Å². The molecule has 1 aliphatic heterocycles. The molecule has 1 unspecified atom stereocenters. The number of carbonyl (C=O) groups excluding carboxylic acids is 1. The van der Waals surface area contributed by atoms with Gasteiger partial charge in [0, 0.05) is 11.4 Å². The smallest absolute Gasteiger partial charge is 0.274 e. The van der Waals surface area contributed by atoms with Crippen molar-refractivity contribution in [3.8, 4) is 0 Å². The monoisotopic (exact) mass is 380 g/mol. The number of rotatable bonds is 3. The quantitative estimate of drug-likeness (QED) is 0.853. The molecule has 0 fully saturated rings. The van der Waals surface area contributed by atoms with Crippen molar-refractivity contribution >= 4 is 40.9 Å². The number of hydrogen-bond acceptors (Lipinski definition) is 5. The number of thioether (sulfide) groups is 1. The molecular weight excluding hydrogens is 363 g/mol. The minimum atomic E-state index is -0.480. The average molecular weight is 381 g/mol. The van der Waals surface area contributed by atoms with Gasteiger partial charge in [0.25, 0.3) is 5.91 Å². The molecule has 1 aliphatic rings. The Hall–Kier alpha value is -2.12. The summed E-state index contributed by atoms with van der Waals surface area (Å²) in [5.74, 6) is 0.0358. The zero-order valence-electron chi connectivity index (χ0n) is 13.5. The molecule has 0 saturated heterocycles. The van der Waals surface area contributed by atoms with E-state index in [-0.39, 0.29) is 24.0 Å². The maximum atomic E-state index is 12.9. The van der Waals surface area contributed by atoms with Crippen molar-refractivity contribution in [1.82, 2.24) is 4.98 Å². The van der Waals surface area contributed by atoms with E-state index in [1.807, 2.05) is 25.1 Å². The first-order chi connectivity index (χ1) is 11.5. The SMILES string of the molecule is CC1(c2cccc(NC(=O)c3ccc(F)cn3)c2)CCSC(N)=N1.Cl. The number of halogens is 2. The standard InChI is InChI=1S/C17H17FN4OS.ClH/c1-17(7-8-24-16(19)22-17)11-3-2-4-13(9-11)21-15(23)14-6-5-12(18)10-20-14;/h2-6,9-10H,7-8H2,1H3,(H2,19,22)(H,21,23);1H. The Labute approximate surface area is 155 Å². The highest BCUT2D eigenvalue weighted by Gasteiger charge is 2.29. The topological polar surface area (TPSA) is 80.4 Å². The van der Waals surface area contributed by atoms with Crippen molar-refractivity contribution in [2.75, 3.05) is 11.1 Å². The van der Waals surface area contributed by atoms with E-state index in [4.69, 9.17) is 5.73 Å². The highest BCUT2D eigenvalue weighted by atomic mass is 35.5. The summed E-state index contributed by atoms with van der Waals surface area (Å²) >= 11 is 1.55. The lowest BCUT2D eigenvalue weighted by Gasteiger charge is -2.30. The maximum Gasteiger partial charge on any atom is 0.274 e. The van der Waals surface area contributed by atoms with E-state index in [1.165, 1.54) is 12.1 Å². The first kappa shape index (κ1) is 19.2. The zero-order chi connectivity index (χ0) is 17.2. The lowest BCUT2D eigenvalue weighted by atomic mass is 9.89. The van der Waals surface area contributed by atoms with Crippen molar-refractivity contribution in [2.45, 2.75) is 18.9 Å². The number of aliphatic imine (C=N–C) groups is 1. The fourth-order valence-corrected chi connectivity index (χ4v) is 3.51. The fourth-order valence-electron chi connectivity index (χ4n) is 2.53. The van der Waals surface area contributed by atoms with E-state index in [2.05, 4.69) is 15.3 Å². The molecule has 8 heteroatoms. The Morgan fingerprint density at radius 1 is 1.36 bits per heavy atom. The lowest BCUT2D eigenvalue weighted by molar-refractivity contribution is 0.102. The van der Waals surface area contributed by atoms with Crippen LogP contribution < -0.4 is 11.1 Å². The number of amidine groups is 1. The predicted molar refractivity (Wildman–Crippen MR) is 102 cm³/mol. The number of anilines is 1. The summed E-state index contributed by atoms with van der Waals surface area (Å²) in [4.78, 5) is 20.5. The molecule has 3 N–H and O–H groups in total. The van der Waals surface area contributed by atoms with Crippen LogP contribution in [0.2, 0.25) is 0 Å². The van der Waals surface area contributed by atoms with Gasteiger partial charge in [0.05, 0.1) is 11.7 Å². The Kier molecular flexibility index (Phi) is 6.02. The molecule has 3 rings (SSSR count). The van der Waals surface area contributed by atoms with E-state index in [9.17, 15) is 9.18 Å². The number of nitrogens with zero attached hydrogens (tertiary/aromatic N) is 2. The van der Waals surface area contributed by atoms with E-state index in [1.54, 1.807) is 17.8 Å². The van der Waals surface area contributed by atoms with Crippen LogP contribution in [0.4, 0.5) is 10.1 Å². The number of amides is 1. The van der Waals surface area contributed by atoms with Gasteiger partial charge in [0.1, 0.15) is 11.5 Å². The summed E-state index contributed by atoms with van der Waals surface area (Å²) in [6.07, 6.45) is 1.89. The van der Waals surface area contributed by atoms with Gasteiger partial charge in [0.15, 0.2) is 5.17 Å². The second kappa shape index (κ2) is 7.84. The summed E-state index contributed by atoms with van der Waals surface area (Å²) in [7, 11) is 0. The molecule has 0 radical (unpaired) electrons. The third kappa shape index (κ3) is 4.49. The number of carbonyl (C=O) groups is 1. The van der Waals surface area contributed by atoms with Crippen molar-refractivity contribution in [3.63, 3.8) is 0 Å². The van der Waals surface area contributed by atoms with Crippen LogP contribution >= 0.6 is 24.2 Å². The second-order valence-corrected chi connectivity index (χ2v) is 6.83. The van der Waals surface area contributed by atoms with Crippen LogP contribution in [0.15, 0.2) is 47.6 Å². The summed E-state index contributed by atoms with van der Waals surface area (Å²) in [5, 5.41) is 3.35. The van der Waals surface area contributed by atoms with Gasteiger partial charge in [-0.15, -0.1) is 12.4 Å². The molecule has 1 amide bonds. The van der Waals surface area contributed by atoms with Crippen LogP contribution in [0.25, 0.3) is 0 Å². The molecule has 0 aliphatic carbocycles. The number of benzene rings is 1. The average Bonchev–Trinajstić information content (AvgIpc) is 2.55. The molecule has 25 heavy (non-hydrogen) atoms. The predicted octanol–water partition coefficient (Wildman–Crippen LogP) is 3.56. The van der Waals surface area contributed by atoms with E-state index in [0.717, 1.165) is 23.9 Å². The third-order valence-electron chi connectivity index (χ3n) is 3.90. The van der Waals surface area contributed by atoms with Crippen LogP contribution in [-0.2, 0) is 5.54 Å². The van der Waals surface area contributed by atoms with Crippen molar-refractivity contribution < 1.29 is 9.18 Å². The van der Waals surface area contributed by atoms with Crippen LogP contribution in [0.3, 0.4) is 0 Å². The molecule has 132 valence electrons. The molecule has 0 bridgehead atoms. The van der Waals surface area contributed by atoms with E-state index < -0.39 is 11.4 Å². The number of nitrogens with two attached hydrogens (primary N) is 1. The Balaban J connectivity index is 0.00000225. The molecule has 1 aromatic heterocycles. The Bertz CT molecular complexity index is 799. The van der Waals surface area contributed by atoms with Gasteiger partial charge >= 0.3 is 0 Å². The van der Waals surface area contributed by atoms with Crippen molar-refractivity contribution in [3.05, 3.63) is 59.7 Å². The van der Waals surface area contributed by atoms with E-state index in [0.29, 0.717) is 10.9 Å². The van der Waals surface area contributed by atoms with Gasteiger partial charge in [-0.05, 0) is 43.2 Å². The summed E-state index contributed by atoms with van der Waals surface area (Å²) < 4.78 is 12.9. The number of pyridine rings is 1.